The molecule has 2 aromatic rings. The summed E-state index contributed by atoms with van der Waals surface area (Å²) in [6.45, 7) is 2.14. The van der Waals surface area contributed by atoms with Crippen molar-refractivity contribution in [2.45, 2.75) is 13.5 Å². The number of anilines is 1. The van der Waals surface area contributed by atoms with E-state index in [-0.39, 0.29) is 11.3 Å². The number of benzene rings is 1. The smallest absolute Gasteiger partial charge is 0.340 e. The first kappa shape index (κ1) is 15.4. The molecule has 0 fully saturated rings. The number of nitrogens with zero attached hydrogens (tertiary/aromatic N) is 2. The number of aromatic nitrogens is 1. The van der Waals surface area contributed by atoms with Crippen molar-refractivity contribution in [3.63, 3.8) is 0 Å². The van der Waals surface area contributed by atoms with Crippen LogP contribution in [-0.2, 0) is 11.3 Å². The van der Waals surface area contributed by atoms with Gasteiger partial charge in [0.15, 0.2) is 0 Å². The van der Waals surface area contributed by atoms with Crippen LogP contribution >= 0.6 is 0 Å². The van der Waals surface area contributed by atoms with E-state index >= 15 is 0 Å². The largest absolute Gasteiger partial charge is 0.465 e. The number of non-ortho nitro benzene ring substituents is 1. The van der Waals surface area contributed by atoms with Crippen LogP contribution in [0.15, 0.2) is 36.7 Å². The number of hydrogen-bond acceptors (Lipinski definition) is 6. The van der Waals surface area contributed by atoms with E-state index in [2.05, 4.69) is 10.3 Å². The predicted octanol–water partition coefficient (Wildman–Crippen LogP) is 2.70. The van der Waals surface area contributed by atoms with Gasteiger partial charge in [-0.15, -0.1) is 0 Å². The third-order valence-corrected chi connectivity index (χ3v) is 3.13. The van der Waals surface area contributed by atoms with Crippen LogP contribution in [-0.4, -0.2) is 23.0 Å². The Morgan fingerprint density at radius 2 is 2.23 bits per heavy atom. The van der Waals surface area contributed by atoms with Crippen LogP contribution in [0.1, 0.15) is 21.5 Å². The summed E-state index contributed by atoms with van der Waals surface area (Å²) >= 11 is 0. The van der Waals surface area contributed by atoms with E-state index in [0.29, 0.717) is 17.8 Å². The quantitative estimate of drug-likeness (QED) is 0.518. The van der Waals surface area contributed by atoms with Gasteiger partial charge in [0.05, 0.1) is 23.3 Å². The lowest BCUT2D eigenvalue weighted by Gasteiger charge is -2.13. The number of nitro benzene ring substituents is 1. The summed E-state index contributed by atoms with van der Waals surface area (Å²) in [4.78, 5) is 26.3. The Labute approximate surface area is 127 Å². The number of carbonyl (C=O) groups is 1. The van der Waals surface area contributed by atoms with Crippen molar-refractivity contribution in [3.8, 4) is 0 Å². The number of nitro groups is 1. The lowest BCUT2D eigenvalue weighted by molar-refractivity contribution is -0.384. The third kappa shape index (κ3) is 3.38. The molecule has 1 N–H and O–H groups in total. The molecule has 1 aromatic carbocycles. The summed E-state index contributed by atoms with van der Waals surface area (Å²) in [5, 5.41) is 14.0. The van der Waals surface area contributed by atoms with Gasteiger partial charge in [-0.05, 0) is 24.1 Å². The molecule has 0 aliphatic heterocycles. The molecule has 1 aromatic heterocycles. The van der Waals surface area contributed by atoms with Crippen LogP contribution < -0.4 is 5.32 Å². The van der Waals surface area contributed by atoms with Gasteiger partial charge >= 0.3 is 5.97 Å². The summed E-state index contributed by atoms with van der Waals surface area (Å²) in [5.41, 5.74) is 2.03. The number of rotatable bonds is 5. The lowest BCUT2D eigenvalue weighted by atomic mass is 10.1. The van der Waals surface area contributed by atoms with Crippen LogP contribution in [0.4, 0.5) is 11.4 Å². The summed E-state index contributed by atoms with van der Waals surface area (Å²) in [5.74, 6) is -0.625. The van der Waals surface area contributed by atoms with Gasteiger partial charge in [-0.2, -0.15) is 0 Å². The van der Waals surface area contributed by atoms with Gasteiger partial charge in [0.1, 0.15) is 0 Å². The highest BCUT2D eigenvalue weighted by atomic mass is 16.6. The number of methoxy groups -OCH3 is 1. The Morgan fingerprint density at radius 3 is 2.82 bits per heavy atom. The molecule has 0 radical (unpaired) electrons. The first-order valence-corrected chi connectivity index (χ1v) is 6.53. The summed E-state index contributed by atoms with van der Waals surface area (Å²) in [6.07, 6.45) is 3.37. The molecule has 114 valence electrons. The minimum absolute atomic E-state index is 0.137. The van der Waals surface area contributed by atoms with Crippen molar-refractivity contribution in [2.24, 2.45) is 0 Å². The average molecular weight is 301 g/mol. The lowest BCUT2D eigenvalue weighted by Crippen LogP contribution is -2.10. The number of ether oxygens (including phenoxy) is 1. The molecular formula is C15H15N3O4. The molecule has 0 saturated heterocycles. The van der Waals surface area contributed by atoms with E-state index in [9.17, 15) is 14.9 Å². The minimum atomic E-state index is -0.625. The monoisotopic (exact) mass is 301 g/mol. The molecule has 22 heavy (non-hydrogen) atoms. The average Bonchev–Trinajstić information content (AvgIpc) is 2.53. The van der Waals surface area contributed by atoms with Crippen LogP contribution in [0.3, 0.4) is 0 Å². The molecule has 0 aliphatic rings. The highest BCUT2D eigenvalue weighted by molar-refractivity contribution is 5.97. The standard InChI is InChI=1S/C15H15N3O4/c1-10-6-12(18(20)21)7-13(15(19)22-2)14(10)17-9-11-4-3-5-16-8-11/h3-8,17H,9H2,1-2H3. The third-order valence-electron chi connectivity index (χ3n) is 3.13. The zero-order valence-corrected chi connectivity index (χ0v) is 12.2. The Kier molecular flexibility index (Phi) is 4.67. The fraction of sp³-hybridized carbons (Fsp3) is 0.200. The van der Waals surface area contributed by atoms with Crippen molar-refractivity contribution < 1.29 is 14.5 Å². The van der Waals surface area contributed by atoms with Gasteiger partial charge in [0, 0.05) is 31.1 Å². The number of carbonyl (C=O) groups excluding carboxylic acids is 1. The normalized spacial score (nSPS) is 10.1. The van der Waals surface area contributed by atoms with E-state index in [1.807, 2.05) is 6.07 Å². The zero-order chi connectivity index (χ0) is 16.1. The molecule has 0 unspecified atom stereocenters. The van der Waals surface area contributed by atoms with E-state index in [0.717, 1.165) is 5.56 Å². The number of pyridine rings is 1. The number of aryl methyl sites for hydroxylation is 1. The maximum atomic E-state index is 11.9. The Morgan fingerprint density at radius 1 is 1.45 bits per heavy atom. The molecule has 0 saturated carbocycles. The topological polar surface area (TPSA) is 94.4 Å². The van der Waals surface area contributed by atoms with Crippen molar-refractivity contribution in [2.75, 3.05) is 12.4 Å². The van der Waals surface area contributed by atoms with E-state index < -0.39 is 10.9 Å². The summed E-state index contributed by atoms with van der Waals surface area (Å²) < 4.78 is 4.70. The fourth-order valence-electron chi connectivity index (χ4n) is 2.07. The van der Waals surface area contributed by atoms with Crippen LogP contribution in [0.2, 0.25) is 0 Å². The van der Waals surface area contributed by atoms with Gasteiger partial charge in [0.25, 0.3) is 5.69 Å². The summed E-state index contributed by atoms with van der Waals surface area (Å²) in [6, 6.07) is 6.32. The van der Waals surface area contributed by atoms with Gasteiger partial charge < -0.3 is 10.1 Å². The minimum Gasteiger partial charge on any atom is -0.465 e. The van der Waals surface area contributed by atoms with Crippen molar-refractivity contribution >= 4 is 17.3 Å². The maximum absolute atomic E-state index is 11.9. The van der Waals surface area contributed by atoms with Crippen LogP contribution in [0.5, 0.6) is 0 Å². The Bertz CT molecular complexity index is 701. The fourth-order valence-corrected chi connectivity index (χ4v) is 2.07. The first-order valence-electron chi connectivity index (χ1n) is 6.53. The maximum Gasteiger partial charge on any atom is 0.340 e. The second-order valence-electron chi connectivity index (χ2n) is 4.65. The number of hydrogen-bond donors (Lipinski definition) is 1. The highest BCUT2D eigenvalue weighted by Crippen LogP contribution is 2.28. The second kappa shape index (κ2) is 6.66. The van der Waals surface area contributed by atoms with E-state index in [1.165, 1.54) is 19.2 Å². The van der Waals surface area contributed by atoms with Crippen molar-refractivity contribution in [1.29, 1.82) is 0 Å². The van der Waals surface area contributed by atoms with Gasteiger partial charge in [-0.25, -0.2) is 4.79 Å². The molecule has 0 atom stereocenters. The second-order valence-corrected chi connectivity index (χ2v) is 4.65. The first-order chi connectivity index (χ1) is 10.5. The van der Waals surface area contributed by atoms with Crippen molar-refractivity contribution in [3.05, 3.63) is 63.5 Å². The van der Waals surface area contributed by atoms with Gasteiger partial charge in [-0.1, -0.05) is 6.07 Å². The van der Waals surface area contributed by atoms with Crippen molar-refractivity contribution in [1.82, 2.24) is 4.98 Å². The molecule has 0 bridgehead atoms. The van der Waals surface area contributed by atoms with Crippen LogP contribution in [0.25, 0.3) is 0 Å². The predicted molar refractivity (Wildman–Crippen MR) is 80.7 cm³/mol. The molecule has 2 rings (SSSR count). The van der Waals surface area contributed by atoms with E-state index in [4.69, 9.17) is 4.74 Å². The Balaban J connectivity index is 2.36. The number of nitrogens with one attached hydrogen (secondary N) is 1. The molecule has 7 heteroatoms. The zero-order valence-electron chi connectivity index (χ0n) is 12.2. The molecule has 1 heterocycles. The van der Waals surface area contributed by atoms with Gasteiger partial charge in [-0.3, -0.25) is 15.1 Å². The molecule has 0 aliphatic carbocycles. The molecular weight excluding hydrogens is 286 g/mol. The molecule has 7 nitrogen and oxygen atoms in total. The number of esters is 1. The highest BCUT2D eigenvalue weighted by Gasteiger charge is 2.19. The summed E-state index contributed by atoms with van der Waals surface area (Å²) in [7, 11) is 1.24. The van der Waals surface area contributed by atoms with Crippen LogP contribution in [0, 0.1) is 17.0 Å². The SMILES string of the molecule is COC(=O)c1cc([N+](=O)[O-])cc(C)c1NCc1cccnc1. The molecule has 0 amide bonds. The van der Waals surface area contributed by atoms with E-state index in [1.54, 1.807) is 25.4 Å². The van der Waals surface area contributed by atoms with Gasteiger partial charge in [0.2, 0.25) is 0 Å². The Hall–Kier alpha value is -2.96. The molecule has 0 spiro atoms.